The van der Waals surface area contributed by atoms with Crippen molar-refractivity contribution in [3.05, 3.63) is 182 Å². The van der Waals surface area contributed by atoms with E-state index in [9.17, 15) is 0 Å². The Labute approximate surface area is 301 Å². The van der Waals surface area contributed by atoms with E-state index in [1.807, 2.05) is 36.4 Å². The molecule has 11 aromatic rings. The van der Waals surface area contributed by atoms with Crippen LogP contribution in [0.25, 0.3) is 109 Å². The normalized spacial score (nSPS) is 13.3. The van der Waals surface area contributed by atoms with E-state index in [-0.39, 0.29) is 29.7 Å². The first-order chi connectivity index (χ1) is 27.4. The first-order valence-electron chi connectivity index (χ1n) is 19.7. The van der Waals surface area contributed by atoms with Gasteiger partial charge in [-0.05, 0) is 100 Å². The molecule has 1 nitrogen and oxygen atoms in total. The summed E-state index contributed by atoms with van der Waals surface area (Å²) in [6.45, 7) is 0. The fraction of sp³-hybridized carbons (Fsp3) is 0. The number of hydrogen-bond acceptors (Lipinski definition) is 1. The van der Waals surface area contributed by atoms with Crippen molar-refractivity contribution in [3.8, 4) is 33.4 Å². The molecule has 0 bridgehead atoms. The van der Waals surface area contributed by atoms with Crippen LogP contribution in [0, 0.1) is 0 Å². The molecule has 0 atom stereocenters. The summed E-state index contributed by atoms with van der Waals surface area (Å²) in [5, 5.41) is 12.8. The summed E-state index contributed by atoms with van der Waals surface area (Å²) in [5.41, 5.74) is 6.48. The topological polar surface area (TPSA) is 13.1 Å². The van der Waals surface area contributed by atoms with Crippen LogP contribution >= 0.6 is 0 Å². The van der Waals surface area contributed by atoms with E-state index >= 15 is 0 Å². The number of rotatable bonds is 3. The molecular weight excluding hydrogens is 617 g/mol. The van der Waals surface area contributed by atoms with E-state index in [0.717, 1.165) is 81.9 Å². The van der Waals surface area contributed by atoms with Gasteiger partial charge < -0.3 is 4.42 Å². The smallest absolute Gasteiger partial charge is 0.143 e. The Balaban J connectivity index is 1.32. The molecule has 0 radical (unpaired) electrons. The molecule has 10 aromatic carbocycles. The third-order valence-electron chi connectivity index (χ3n) is 10.5. The van der Waals surface area contributed by atoms with Crippen molar-refractivity contribution in [2.75, 3.05) is 0 Å². The number of benzene rings is 10. The van der Waals surface area contributed by atoms with E-state index in [1.165, 1.54) is 16.2 Å². The second kappa shape index (κ2) is 10.9. The molecule has 0 fully saturated rings. The monoisotopic (exact) mass is 651 g/mol. The van der Waals surface area contributed by atoms with Crippen LogP contribution in [0.5, 0.6) is 0 Å². The van der Waals surface area contributed by atoms with Gasteiger partial charge >= 0.3 is 0 Å². The van der Waals surface area contributed by atoms with Crippen molar-refractivity contribution in [1.82, 2.24) is 0 Å². The summed E-state index contributed by atoms with van der Waals surface area (Å²) >= 11 is 0. The van der Waals surface area contributed by atoms with Crippen LogP contribution in [-0.4, -0.2) is 0 Å². The van der Waals surface area contributed by atoms with Crippen LogP contribution in [0.3, 0.4) is 0 Å². The molecule has 0 N–H and O–H groups in total. The first kappa shape index (κ1) is 23.6. The van der Waals surface area contributed by atoms with Gasteiger partial charge in [0.05, 0.1) is 6.85 Å². The van der Waals surface area contributed by atoms with Crippen molar-refractivity contribution in [3.63, 3.8) is 0 Å². The summed E-state index contributed by atoms with van der Waals surface area (Å²) in [6, 6.07) is 51.0. The summed E-state index contributed by atoms with van der Waals surface area (Å²) in [4.78, 5) is 0. The molecule has 0 aliphatic heterocycles. The molecule has 0 amide bonds. The van der Waals surface area contributed by atoms with Gasteiger partial charge in [0.15, 0.2) is 0 Å². The van der Waals surface area contributed by atoms with Gasteiger partial charge in [0.1, 0.15) is 11.2 Å². The van der Waals surface area contributed by atoms with Gasteiger partial charge in [-0.3, -0.25) is 0 Å². The minimum atomic E-state index is -0.409. The summed E-state index contributed by atoms with van der Waals surface area (Å²) in [7, 11) is 0. The summed E-state index contributed by atoms with van der Waals surface area (Å²) in [6.07, 6.45) is 0. The third-order valence-corrected chi connectivity index (χ3v) is 10.5. The average Bonchev–Trinajstić information content (AvgIpc) is 3.64. The second-order valence-corrected chi connectivity index (χ2v) is 13.2. The van der Waals surface area contributed by atoms with Gasteiger partial charge in [-0.15, -0.1) is 0 Å². The van der Waals surface area contributed by atoms with E-state index in [4.69, 9.17) is 11.3 Å². The first-order valence-corrected chi connectivity index (χ1v) is 17.2. The standard InChI is InChI=1S/C50H30O/c1-2-12-31(13-3-1)34-26-28-42-45(30-34)48(43-22-11-23-46-49(43)44-29-25-33-15-5-7-17-36(33)50(44)51-46)41-19-9-8-18-40(41)47(42)39-21-10-20-37-35-16-6-4-14-32(35)24-27-38(37)39/h1-30H/i1D,2D,3D,12D,13D. The van der Waals surface area contributed by atoms with E-state index in [1.54, 1.807) is 0 Å². The molecule has 11 rings (SSSR count). The van der Waals surface area contributed by atoms with E-state index in [0.29, 0.717) is 5.56 Å². The molecule has 0 aliphatic carbocycles. The molecule has 0 aliphatic rings. The highest BCUT2D eigenvalue weighted by molar-refractivity contribution is 6.29. The van der Waals surface area contributed by atoms with Crippen molar-refractivity contribution < 1.29 is 11.3 Å². The van der Waals surface area contributed by atoms with Gasteiger partial charge in [-0.25, -0.2) is 0 Å². The molecule has 51 heavy (non-hydrogen) atoms. The van der Waals surface area contributed by atoms with Crippen LogP contribution in [0.2, 0.25) is 0 Å². The second-order valence-electron chi connectivity index (χ2n) is 13.2. The highest BCUT2D eigenvalue weighted by atomic mass is 16.3. The van der Waals surface area contributed by atoms with Gasteiger partial charge in [0, 0.05) is 16.2 Å². The van der Waals surface area contributed by atoms with Gasteiger partial charge in [0.2, 0.25) is 0 Å². The van der Waals surface area contributed by atoms with Gasteiger partial charge in [0.25, 0.3) is 0 Å². The molecule has 0 unspecified atom stereocenters. The van der Waals surface area contributed by atoms with E-state index < -0.39 is 6.04 Å². The molecular formula is C50H30O. The highest BCUT2D eigenvalue weighted by Gasteiger charge is 2.22. The zero-order chi connectivity index (χ0) is 37.8. The fourth-order valence-corrected chi connectivity index (χ4v) is 8.33. The van der Waals surface area contributed by atoms with Crippen molar-refractivity contribution in [2.45, 2.75) is 0 Å². The number of fused-ring (bicyclic) bond motifs is 10. The molecule has 0 saturated heterocycles. The summed E-state index contributed by atoms with van der Waals surface area (Å²) in [5.74, 6) is 0. The minimum Gasteiger partial charge on any atom is -0.455 e. The van der Waals surface area contributed by atoms with E-state index in [2.05, 4.69) is 115 Å². The maximum atomic E-state index is 8.92. The number of hydrogen-bond donors (Lipinski definition) is 0. The van der Waals surface area contributed by atoms with Crippen LogP contribution in [0.1, 0.15) is 6.85 Å². The molecule has 1 aromatic heterocycles. The predicted molar refractivity (Wildman–Crippen MR) is 218 cm³/mol. The predicted octanol–water partition coefficient (Wildman–Crippen LogP) is 14.4. The molecule has 0 saturated carbocycles. The van der Waals surface area contributed by atoms with Gasteiger partial charge in [-0.2, -0.15) is 0 Å². The Bertz CT molecular complexity index is 3460. The maximum absolute atomic E-state index is 8.92. The fourth-order valence-electron chi connectivity index (χ4n) is 8.33. The lowest BCUT2D eigenvalue weighted by atomic mass is 9.82. The Morgan fingerprint density at radius 1 is 0.373 bits per heavy atom. The quantitative estimate of drug-likeness (QED) is 0.137. The largest absolute Gasteiger partial charge is 0.455 e. The van der Waals surface area contributed by atoms with Crippen molar-refractivity contribution in [1.29, 1.82) is 0 Å². The lowest BCUT2D eigenvalue weighted by Gasteiger charge is -2.20. The Hall–Kier alpha value is -6.70. The van der Waals surface area contributed by atoms with Crippen molar-refractivity contribution in [2.24, 2.45) is 0 Å². The Morgan fingerprint density at radius 3 is 1.76 bits per heavy atom. The van der Waals surface area contributed by atoms with Crippen LogP contribution in [-0.2, 0) is 0 Å². The summed E-state index contributed by atoms with van der Waals surface area (Å²) < 4.78 is 49.8. The lowest BCUT2D eigenvalue weighted by Crippen LogP contribution is -1.93. The Kier molecular flexibility index (Phi) is 5.05. The zero-order valence-electron chi connectivity index (χ0n) is 32.3. The lowest BCUT2D eigenvalue weighted by molar-refractivity contribution is 0.673. The third kappa shape index (κ3) is 4.16. The Morgan fingerprint density at radius 2 is 0.961 bits per heavy atom. The molecule has 1 heterocycles. The average molecular weight is 652 g/mol. The molecule has 236 valence electrons. The van der Waals surface area contributed by atoms with Gasteiger partial charge in [-0.1, -0.05) is 164 Å². The van der Waals surface area contributed by atoms with Crippen LogP contribution in [0.15, 0.2) is 186 Å². The molecule has 1 heteroatoms. The minimum absolute atomic E-state index is 0.175. The number of furan rings is 1. The highest BCUT2D eigenvalue weighted by Crippen LogP contribution is 2.49. The maximum Gasteiger partial charge on any atom is 0.143 e. The van der Waals surface area contributed by atoms with Crippen LogP contribution in [0.4, 0.5) is 0 Å². The molecule has 0 spiro atoms. The van der Waals surface area contributed by atoms with Crippen molar-refractivity contribution >= 4 is 75.8 Å². The van der Waals surface area contributed by atoms with Crippen LogP contribution < -0.4 is 0 Å². The SMILES string of the molecule is [2H]c1c([2H])c([2H])c(-c2ccc3c(-c4cccc5c4ccc4ccccc45)c4ccccc4c(-c4cccc5oc6c7ccccc7ccc6c45)c3c2)c([2H])c1[2H]. The zero-order valence-corrected chi connectivity index (χ0v) is 27.3.